The number of hydrogen-bond donors (Lipinski definition) is 1. The number of rotatable bonds is 4. The van der Waals surface area contributed by atoms with Gasteiger partial charge >= 0.3 is 6.09 Å². The molecule has 0 atom stereocenters. The number of thiazole rings is 1. The summed E-state index contributed by atoms with van der Waals surface area (Å²) in [6, 6.07) is 14.7. The molecule has 0 unspecified atom stereocenters. The van der Waals surface area contributed by atoms with Crippen molar-refractivity contribution in [3.63, 3.8) is 0 Å². The normalized spacial score (nSPS) is 15.1. The van der Waals surface area contributed by atoms with E-state index in [2.05, 4.69) is 51.7 Å². The first-order chi connectivity index (χ1) is 16.3. The topological polar surface area (TPSA) is 67.3 Å². The van der Waals surface area contributed by atoms with E-state index in [4.69, 9.17) is 4.74 Å². The number of carbonyl (C=O) groups is 1. The summed E-state index contributed by atoms with van der Waals surface area (Å²) in [5, 5.41) is 5.12. The highest BCUT2D eigenvalue weighted by Crippen LogP contribution is 2.35. The molecule has 1 aliphatic heterocycles. The lowest BCUT2D eigenvalue weighted by molar-refractivity contribution is 0.0219. The predicted octanol–water partition coefficient (Wildman–Crippen LogP) is 7.08. The number of hydrogen-bond acceptors (Lipinski definition) is 7. The number of likely N-dealkylation sites (tertiary alicyclic amines) is 1. The van der Waals surface area contributed by atoms with Crippen molar-refractivity contribution in [1.82, 2.24) is 14.9 Å². The van der Waals surface area contributed by atoms with Crippen molar-refractivity contribution in [3.05, 3.63) is 54.2 Å². The molecule has 0 radical (unpaired) electrons. The Morgan fingerprint density at radius 1 is 1.09 bits per heavy atom. The summed E-state index contributed by atoms with van der Waals surface area (Å²) in [6.45, 7) is 7.18. The molecule has 3 heterocycles. The van der Waals surface area contributed by atoms with Crippen LogP contribution in [0.5, 0.6) is 0 Å². The first-order valence-corrected chi connectivity index (χ1v) is 13.2. The maximum Gasteiger partial charge on any atom is 0.410 e. The van der Waals surface area contributed by atoms with Crippen LogP contribution in [0.2, 0.25) is 0 Å². The van der Waals surface area contributed by atoms with E-state index >= 15 is 0 Å². The fraction of sp³-hybridized carbons (Fsp3) is 0.346. The van der Waals surface area contributed by atoms with Crippen molar-refractivity contribution in [3.8, 4) is 0 Å². The first-order valence-electron chi connectivity index (χ1n) is 11.5. The molecule has 34 heavy (non-hydrogen) atoms. The molecule has 1 saturated heterocycles. The number of pyridine rings is 1. The third-order valence-corrected chi connectivity index (χ3v) is 7.86. The van der Waals surface area contributed by atoms with Gasteiger partial charge in [-0.1, -0.05) is 0 Å². The molecule has 1 N–H and O–H groups in total. The van der Waals surface area contributed by atoms with Gasteiger partial charge in [-0.25, -0.2) is 9.78 Å². The maximum absolute atomic E-state index is 12.3. The molecule has 2 aromatic carbocycles. The molecule has 1 amide bonds. The zero-order valence-corrected chi connectivity index (χ0v) is 21.2. The van der Waals surface area contributed by atoms with Crippen LogP contribution in [0, 0.1) is 0 Å². The van der Waals surface area contributed by atoms with Crippen molar-refractivity contribution >= 4 is 61.7 Å². The van der Waals surface area contributed by atoms with Crippen LogP contribution in [0.3, 0.4) is 0 Å². The second-order valence-electron chi connectivity index (χ2n) is 9.48. The Hall–Kier alpha value is -2.84. The van der Waals surface area contributed by atoms with Crippen LogP contribution in [-0.4, -0.2) is 44.9 Å². The Kier molecular flexibility index (Phi) is 6.36. The van der Waals surface area contributed by atoms with Crippen LogP contribution in [0.25, 0.3) is 21.1 Å². The van der Waals surface area contributed by atoms with Gasteiger partial charge in [-0.15, -0.1) is 23.1 Å². The SMILES string of the molecule is CC(C)(C)OC(=O)N1CCC(Sc2ccc3nccc(Nc4ccc5scnc5c4)c3c2)CC1. The Bertz CT molecular complexity index is 1320. The number of fused-ring (bicyclic) bond motifs is 2. The van der Waals surface area contributed by atoms with E-state index in [-0.39, 0.29) is 6.09 Å². The van der Waals surface area contributed by atoms with Crippen molar-refractivity contribution < 1.29 is 9.53 Å². The summed E-state index contributed by atoms with van der Waals surface area (Å²) in [4.78, 5) is 24.4. The van der Waals surface area contributed by atoms with Crippen molar-refractivity contribution in [2.24, 2.45) is 0 Å². The second-order valence-corrected chi connectivity index (χ2v) is 11.7. The molecule has 8 heteroatoms. The molecular weight excluding hydrogens is 464 g/mol. The summed E-state index contributed by atoms with van der Waals surface area (Å²) in [6.07, 6.45) is 3.53. The Morgan fingerprint density at radius 2 is 1.91 bits per heavy atom. The number of nitrogens with one attached hydrogen (secondary N) is 1. The Morgan fingerprint density at radius 3 is 2.71 bits per heavy atom. The van der Waals surface area contributed by atoms with E-state index < -0.39 is 5.60 Å². The lowest BCUT2D eigenvalue weighted by Crippen LogP contribution is -2.42. The van der Waals surface area contributed by atoms with Crippen molar-refractivity contribution in [2.45, 2.75) is 49.4 Å². The van der Waals surface area contributed by atoms with E-state index in [9.17, 15) is 4.79 Å². The average molecular weight is 493 g/mol. The van der Waals surface area contributed by atoms with E-state index in [0.717, 1.165) is 53.7 Å². The highest BCUT2D eigenvalue weighted by atomic mass is 32.2. The van der Waals surface area contributed by atoms with Crippen molar-refractivity contribution in [1.29, 1.82) is 0 Å². The van der Waals surface area contributed by atoms with E-state index in [0.29, 0.717) is 5.25 Å². The molecule has 6 nitrogen and oxygen atoms in total. The molecule has 0 saturated carbocycles. The molecule has 5 rings (SSSR count). The highest BCUT2D eigenvalue weighted by molar-refractivity contribution is 8.00. The Labute approximate surface area is 207 Å². The quantitative estimate of drug-likeness (QED) is 0.328. The molecule has 0 bridgehead atoms. The number of amides is 1. The molecule has 1 aliphatic rings. The third kappa shape index (κ3) is 5.28. The first kappa shape index (κ1) is 22.9. The summed E-state index contributed by atoms with van der Waals surface area (Å²) in [5.74, 6) is 0. The third-order valence-electron chi connectivity index (χ3n) is 5.72. The number of nitrogens with zero attached hydrogens (tertiary/aromatic N) is 3. The van der Waals surface area contributed by atoms with Gasteiger partial charge < -0.3 is 15.0 Å². The monoisotopic (exact) mass is 492 g/mol. The molecule has 1 fully saturated rings. The summed E-state index contributed by atoms with van der Waals surface area (Å²) < 4.78 is 6.70. The van der Waals surface area contributed by atoms with Crippen LogP contribution in [0.4, 0.5) is 16.2 Å². The van der Waals surface area contributed by atoms with Gasteiger partial charge in [0.25, 0.3) is 0 Å². The van der Waals surface area contributed by atoms with Crippen LogP contribution in [0.1, 0.15) is 33.6 Å². The minimum absolute atomic E-state index is 0.209. The maximum atomic E-state index is 12.3. The van der Waals surface area contributed by atoms with Gasteiger partial charge in [0.05, 0.1) is 21.2 Å². The zero-order valence-electron chi connectivity index (χ0n) is 19.6. The van der Waals surface area contributed by atoms with Gasteiger partial charge in [0, 0.05) is 46.2 Å². The van der Waals surface area contributed by atoms with E-state index in [1.54, 1.807) is 11.3 Å². The number of carbonyl (C=O) groups excluding carboxylic acids is 1. The molecule has 4 aromatic rings. The van der Waals surface area contributed by atoms with Gasteiger partial charge in [0.15, 0.2) is 0 Å². The van der Waals surface area contributed by atoms with E-state index in [1.165, 1.54) is 9.60 Å². The average Bonchev–Trinajstić information content (AvgIpc) is 3.27. The van der Waals surface area contributed by atoms with Crippen LogP contribution < -0.4 is 5.32 Å². The Balaban J connectivity index is 1.28. The molecule has 0 aliphatic carbocycles. The zero-order chi connectivity index (χ0) is 23.7. The molecule has 176 valence electrons. The largest absolute Gasteiger partial charge is 0.444 e. The number of thioether (sulfide) groups is 1. The molecule has 2 aromatic heterocycles. The minimum Gasteiger partial charge on any atom is -0.444 e. The molecule has 0 spiro atoms. The number of benzene rings is 2. The summed E-state index contributed by atoms with van der Waals surface area (Å²) in [5.41, 5.74) is 5.42. The minimum atomic E-state index is -0.459. The standard InChI is InChI=1S/C26H28N4O2S2/c1-26(2,3)32-25(31)30-12-9-18(10-13-30)34-19-5-6-21-20(15-19)22(8-11-27-21)29-17-4-7-24-23(14-17)28-16-33-24/h4-8,11,14-16,18H,9-10,12-13H2,1-3H3,(H,27,29). The highest BCUT2D eigenvalue weighted by Gasteiger charge is 2.27. The van der Waals surface area contributed by atoms with Gasteiger partial charge in [0.2, 0.25) is 0 Å². The number of piperidine rings is 1. The van der Waals surface area contributed by atoms with Gasteiger partial charge in [-0.05, 0) is 76.1 Å². The van der Waals surface area contributed by atoms with Crippen LogP contribution in [-0.2, 0) is 4.74 Å². The fourth-order valence-corrected chi connectivity index (χ4v) is 5.90. The second kappa shape index (κ2) is 9.43. The number of anilines is 2. The van der Waals surface area contributed by atoms with Crippen LogP contribution >= 0.6 is 23.1 Å². The number of aromatic nitrogens is 2. The van der Waals surface area contributed by atoms with Crippen molar-refractivity contribution in [2.75, 3.05) is 18.4 Å². The fourth-order valence-electron chi connectivity index (χ4n) is 4.07. The predicted molar refractivity (Wildman–Crippen MR) is 141 cm³/mol. The summed E-state index contributed by atoms with van der Waals surface area (Å²) >= 11 is 3.53. The smallest absolute Gasteiger partial charge is 0.410 e. The van der Waals surface area contributed by atoms with Gasteiger partial charge in [0.1, 0.15) is 5.60 Å². The van der Waals surface area contributed by atoms with Crippen LogP contribution in [0.15, 0.2) is 59.1 Å². The van der Waals surface area contributed by atoms with E-state index in [1.807, 2.05) is 55.2 Å². The van der Waals surface area contributed by atoms with Gasteiger partial charge in [-0.2, -0.15) is 0 Å². The number of ether oxygens (including phenoxy) is 1. The lowest BCUT2D eigenvalue weighted by Gasteiger charge is -2.33. The van der Waals surface area contributed by atoms with Gasteiger partial charge in [-0.3, -0.25) is 4.98 Å². The summed E-state index contributed by atoms with van der Waals surface area (Å²) in [7, 11) is 0. The molecular formula is C26H28N4O2S2. The lowest BCUT2D eigenvalue weighted by atomic mass is 10.1.